The fourth-order valence-corrected chi connectivity index (χ4v) is 1.40. The molecule has 0 saturated carbocycles. The molecule has 2 rings (SSSR count). The average Bonchev–Trinajstić information content (AvgIpc) is 2.56. The summed E-state index contributed by atoms with van der Waals surface area (Å²) in [5, 5.41) is 8.20. The molecule has 4 heteroatoms. The second kappa shape index (κ2) is 3.06. The maximum atomic E-state index is 4.10. The van der Waals surface area contributed by atoms with E-state index in [0.29, 0.717) is 6.04 Å². The summed E-state index contributed by atoms with van der Waals surface area (Å²) < 4.78 is 0. The smallest absolute Gasteiger partial charge is 0.102 e. The molecule has 1 aromatic rings. The predicted octanol–water partition coefficient (Wildman–Crippen LogP) is 0.321. The van der Waals surface area contributed by atoms with Crippen LogP contribution >= 0.6 is 0 Å². The van der Waals surface area contributed by atoms with Gasteiger partial charge in [0.1, 0.15) is 6.04 Å². The molecule has 0 bridgehead atoms. The van der Waals surface area contributed by atoms with Crippen molar-refractivity contribution in [3.8, 4) is 0 Å². The molecule has 0 fully saturated rings. The molecule has 0 saturated heterocycles. The van der Waals surface area contributed by atoms with Crippen molar-refractivity contribution in [3.63, 3.8) is 0 Å². The first-order valence-corrected chi connectivity index (χ1v) is 4.07. The van der Waals surface area contributed by atoms with Crippen molar-refractivity contribution in [1.82, 2.24) is 19.9 Å². The van der Waals surface area contributed by atoms with Crippen LogP contribution in [-0.2, 0) is 0 Å². The third kappa shape index (κ3) is 1.38. The third-order valence-electron chi connectivity index (χ3n) is 2.01. The molecule has 0 radical (unpaired) electrons. The van der Waals surface area contributed by atoms with Crippen molar-refractivity contribution in [3.05, 3.63) is 24.5 Å². The van der Waals surface area contributed by atoms with Crippen LogP contribution in [0, 0.1) is 0 Å². The van der Waals surface area contributed by atoms with E-state index in [1.165, 1.54) is 0 Å². The van der Waals surface area contributed by atoms with Crippen molar-refractivity contribution < 1.29 is 0 Å². The maximum absolute atomic E-state index is 4.10. The maximum Gasteiger partial charge on any atom is 0.102 e. The van der Waals surface area contributed by atoms with Gasteiger partial charge in [-0.25, -0.2) is 0 Å². The molecule has 0 spiro atoms. The van der Waals surface area contributed by atoms with E-state index < -0.39 is 0 Å². The highest BCUT2D eigenvalue weighted by molar-refractivity contribution is 4.98. The van der Waals surface area contributed by atoms with E-state index in [-0.39, 0.29) is 0 Å². The first-order chi connectivity index (χ1) is 5.86. The molecule has 1 atom stereocenters. The zero-order valence-electron chi connectivity index (χ0n) is 7.09. The Hall–Kier alpha value is -1.16. The largest absolute Gasteiger partial charge is 0.300 e. The zero-order chi connectivity index (χ0) is 8.39. The lowest BCUT2D eigenvalue weighted by molar-refractivity contribution is 0.286. The Labute approximate surface area is 71.5 Å². The number of aromatic nitrogens is 3. The fourth-order valence-electron chi connectivity index (χ4n) is 1.40. The quantitative estimate of drug-likeness (QED) is 0.560. The van der Waals surface area contributed by atoms with E-state index in [1.807, 2.05) is 0 Å². The van der Waals surface area contributed by atoms with Gasteiger partial charge in [0.05, 0.1) is 12.4 Å². The minimum absolute atomic E-state index is 0.304. The molecule has 0 amide bonds. The SMILES string of the molecule is CN1CC=CC(n2nccn2)C1. The topological polar surface area (TPSA) is 34.0 Å². The molecule has 0 N–H and O–H groups in total. The van der Waals surface area contributed by atoms with Crippen molar-refractivity contribution >= 4 is 0 Å². The van der Waals surface area contributed by atoms with Crippen LogP contribution in [0.2, 0.25) is 0 Å². The molecule has 1 unspecified atom stereocenters. The Morgan fingerprint density at radius 3 is 2.75 bits per heavy atom. The highest BCUT2D eigenvalue weighted by Crippen LogP contribution is 2.10. The van der Waals surface area contributed by atoms with Crippen molar-refractivity contribution in [2.45, 2.75) is 6.04 Å². The molecule has 2 heterocycles. The first kappa shape index (κ1) is 7.49. The van der Waals surface area contributed by atoms with Gasteiger partial charge in [0.15, 0.2) is 0 Å². The first-order valence-electron chi connectivity index (χ1n) is 4.07. The Balaban J connectivity index is 2.15. The summed E-state index contributed by atoms with van der Waals surface area (Å²) in [5.41, 5.74) is 0. The Morgan fingerprint density at radius 2 is 2.08 bits per heavy atom. The Kier molecular flexibility index (Phi) is 1.91. The number of likely N-dealkylation sites (N-methyl/N-ethyl adjacent to an activating group) is 1. The van der Waals surface area contributed by atoms with Crippen LogP contribution in [0.15, 0.2) is 24.5 Å². The molecule has 12 heavy (non-hydrogen) atoms. The van der Waals surface area contributed by atoms with E-state index in [1.54, 1.807) is 17.2 Å². The molecule has 1 aliphatic heterocycles. The summed E-state index contributed by atoms with van der Waals surface area (Å²) in [4.78, 5) is 3.99. The number of rotatable bonds is 1. The lowest BCUT2D eigenvalue weighted by atomic mass is 10.2. The molecular weight excluding hydrogens is 152 g/mol. The predicted molar refractivity (Wildman–Crippen MR) is 45.7 cm³/mol. The molecule has 1 aromatic heterocycles. The van der Waals surface area contributed by atoms with Gasteiger partial charge in [0.2, 0.25) is 0 Å². The molecule has 0 aromatic carbocycles. The minimum atomic E-state index is 0.304. The van der Waals surface area contributed by atoms with E-state index in [0.717, 1.165) is 13.1 Å². The molecule has 64 valence electrons. The van der Waals surface area contributed by atoms with Gasteiger partial charge < -0.3 is 4.90 Å². The van der Waals surface area contributed by atoms with Crippen LogP contribution in [-0.4, -0.2) is 40.0 Å². The van der Waals surface area contributed by atoms with Gasteiger partial charge in [-0.2, -0.15) is 15.0 Å². The van der Waals surface area contributed by atoms with E-state index in [9.17, 15) is 0 Å². The number of hydrogen-bond acceptors (Lipinski definition) is 3. The normalized spacial score (nSPS) is 24.6. The van der Waals surface area contributed by atoms with Gasteiger partial charge in [-0.3, -0.25) is 0 Å². The van der Waals surface area contributed by atoms with E-state index in [2.05, 4.69) is 34.3 Å². The fraction of sp³-hybridized carbons (Fsp3) is 0.500. The van der Waals surface area contributed by atoms with Gasteiger partial charge in [0.25, 0.3) is 0 Å². The van der Waals surface area contributed by atoms with Gasteiger partial charge >= 0.3 is 0 Å². The van der Waals surface area contributed by atoms with Gasteiger partial charge in [0, 0.05) is 13.1 Å². The van der Waals surface area contributed by atoms with Crippen molar-refractivity contribution in [2.24, 2.45) is 0 Å². The number of nitrogens with zero attached hydrogens (tertiary/aromatic N) is 4. The summed E-state index contributed by atoms with van der Waals surface area (Å²) in [5.74, 6) is 0. The van der Waals surface area contributed by atoms with Crippen LogP contribution in [0.1, 0.15) is 6.04 Å². The van der Waals surface area contributed by atoms with Crippen LogP contribution in [0.3, 0.4) is 0 Å². The second-order valence-electron chi connectivity index (χ2n) is 3.07. The van der Waals surface area contributed by atoms with E-state index in [4.69, 9.17) is 0 Å². The summed E-state index contributed by atoms with van der Waals surface area (Å²) >= 11 is 0. The lowest BCUT2D eigenvalue weighted by Gasteiger charge is -2.23. The van der Waals surface area contributed by atoms with Crippen molar-refractivity contribution in [1.29, 1.82) is 0 Å². The molecule has 4 nitrogen and oxygen atoms in total. The van der Waals surface area contributed by atoms with E-state index >= 15 is 0 Å². The molecule has 1 aliphatic rings. The second-order valence-corrected chi connectivity index (χ2v) is 3.07. The van der Waals surface area contributed by atoms with Gasteiger partial charge in [-0.05, 0) is 7.05 Å². The summed E-state index contributed by atoms with van der Waals surface area (Å²) in [6, 6.07) is 0.304. The summed E-state index contributed by atoms with van der Waals surface area (Å²) in [6.07, 6.45) is 7.72. The Bertz CT molecular complexity index is 265. The van der Waals surface area contributed by atoms with Gasteiger partial charge in [-0.1, -0.05) is 12.2 Å². The van der Waals surface area contributed by atoms with Gasteiger partial charge in [-0.15, -0.1) is 0 Å². The molecule has 0 aliphatic carbocycles. The van der Waals surface area contributed by atoms with Crippen LogP contribution < -0.4 is 0 Å². The van der Waals surface area contributed by atoms with Crippen LogP contribution in [0.25, 0.3) is 0 Å². The lowest BCUT2D eigenvalue weighted by Crippen LogP contribution is -2.31. The summed E-state index contributed by atoms with van der Waals surface area (Å²) in [7, 11) is 2.10. The highest BCUT2D eigenvalue weighted by atomic mass is 15.5. The molecular formula is C8H12N4. The monoisotopic (exact) mass is 164 g/mol. The Morgan fingerprint density at radius 1 is 1.33 bits per heavy atom. The third-order valence-corrected chi connectivity index (χ3v) is 2.01. The standard InChI is InChI=1S/C8H12N4/c1-11-6-2-3-8(7-11)12-9-4-5-10-12/h2-5,8H,6-7H2,1H3. The summed E-state index contributed by atoms with van der Waals surface area (Å²) in [6.45, 7) is 2.02. The van der Waals surface area contributed by atoms with Crippen LogP contribution in [0.5, 0.6) is 0 Å². The number of hydrogen-bond donors (Lipinski definition) is 0. The average molecular weight is 164 g/mol. The minimum Gasteiger partial charge on any atom is -0.300 e. The zero-order valence-corrected chi connectivity index (χ0v) is 7.09. The highest BCUT2D eigenvalue weighted by Gasteiger charge is 2.14. The van der Waals surface area contributed by atoms with Crippen molar-refractivity contribution in [2.75, 3.05) is 20.1 Å². The van der Waals surface area contributed by atoms with Crippen LogP contribution in [0.4, 0.5) is 0 Å².